The lowest BCUT2D eigenvalue weighted by atomic mass is 9.92. The average Bonchev–Trinajstić information content (AvgIpc) is 2.85. The Bertz CT molecular complexity index is 471. The van der Waals surface area contributed by atoms with Crippen LogP contribution in [0.15, 0.2) is 10.6 Å². The van der Waals surface area contributed by atoms with E-state index in [0.717, 1.165) is 5.69 Å². The van der Waals surface area contributed by atoms with Crippen LogP contribution < -0.4 is 5.32 Å². The van der Waals surface area contributed by atoms with Crippen molar-refractivity contribution in [2.45, 2.75) is 51.5 Å². The van der Waals surface area contributed by atoms with E-state index in [0.29, 0.717) is 18.6 Å². The van der Waals surface area contributed by atoms with Gasteiger partial charge in [0.15, 0.2) is 5.78 Å². The number of rotatable bonds is 3. The number of nitrogens with zero attached hydrogens (tertiary/aromatic N) is 1. The SMILES string of the molecule is CC(C)(C)c1cc(CC(=O)[C@@H]2CCC(=O)N2)on1. The molecule has 98 valence electrons. The molecule has 0 unspecified atom stereocenters. The molecule has 1 fully saturated rings. The number of carbonyl (C=O) groups excluding carboxylic acids is 2. The molecule has 1 amide bonds. The van der Waals surface area contributed by atoms with E-state index in [9.17, 15) is 9.59 Å². The van der Waals surface area contributed by atoms with Crippen molar-refractivity contribution in [2.24, 2.45) is 0 Å². The molecular weight excluding hydrogens is 232 g/mol. The standard InChI is InChI=1S/C13H18N2O3/c1-13(2,3)11-7-8(18-15-11)6-10(16)9-4-5-12(17)14-9/h7,9H,4-6H2,1-3H3,(H,14,17)/t9-/m0/s1. The number of Topliss-reactive ketones (excluding diaryl/α,β-unsaturated/α-hetero) is 1. The van der Waals surface area contributed by atoms with E-state index in [1.165, 1.54) is 0 Å². The monoisotopic (exact) mass is 250 g/mol. The maximum Gasteiger partial charge on any atom is 0.220 e. The quantitative estimate of drug-likeness (QED) is 0.879. The minimum atomic E-state index is -0.360. The Hall–Kier alpha value is -1.65. The number of hydrogen-bond donors (Lipinski definition) is 1. The predicted octanol–water partition coefficient (Wildman–Crippen LogP) is 1.36. The first-order chi connectivity index (χ1) is 8.36. The molecule has 0 bridgehead atoms. The third kappa shape index (κ3) is 2.78. The van der Waals surface area contributed by atoms with E-state index in [2.05, 4.69) is 10.5 Å². The van der Waals surface area contributed by atoms with Gasteiger partial charge < -0.3 is 9.84 Å². The highest BCUT2D eigenvalue weighted by atomic mass is 16.5. The summed E-state index contributed by atoms with van der Waals surface area (Å²) in [5.41, 5.74) is 0.743. The average molecular weight is 250 g/mol. The van der Waals surface area contributed by atoms with Gasteiger partial charge in [0.05, 0.1) is 18.2 Å². The number of nitrogens with one attached hydrogen (secondary N) is 1. The van der Waals surface area contributed by atoms with Crippen molar-refractivity contribution >= 4 is 11.7 Å². The second-order valence-corrected chi connectivity index (χ2v) is 5.73. The summed E-state index contributed by atoms with van der Waals surface area (Å²) in [5.74, 6) is 0.491. The predicted molar refractivity (Wildman–Crippen MR) is 65.1 cm³/mol. The van der Waals surface area contributed by atoms with Crippen molar-refractivity contribution in [3.8, 4) is 0 Å². The van der Waals surface area contributed by atoms with Crippen molar-refractivity contribution in [3.63, 3.8) is 0 Å². The third-order valence-electron chi connectivity index (χ3n) is 3.06. The fraction of sp³-hybridized carbons (Fsp3) is 0.615. The Labute approximate surface area is 106 Å². The van der Waals surface area contributed by atoms with Crippen molar-refractivity contribution < 1.29 is 14.1 Å². The van der Waals surface area contributed by atoms with Crippen LogP contribution in [0.1, 0.15) is 45.1 Å². The van der Waals surface area contributed by atoms with Gasteiger partial charge in [-0.25, -0.2) is 0 Å². The zero-order valence-electron chi connectivity index (χ0n) is 10.9. The second-order valence-electron chi connectivity index (χ2n) is 5.73. The van der Waals surface area contributed by atoms with Crippen LogP contribution in [0.4, 0.5) is 0 Å². The van der Waals surface area contributed by atoms with Crippen molar-refractivity contribution in [3.05, 3.63) is 17.5 Å². The molecule has 0 radical (unpaired) electrons. The highest BCUT2D eigenvalue weighted by Gasteiger charge is 2.28. The maximum atomic E-state index is 11.9. The molecule has 1 N–H and O–H groups in total. The van der Waals surface area contributed by atoms with Crippen LogP contribution in [-0.4, -0.2) is 22.9 Å². The highest BCUT2D eigenvalue weighted by Crippen LogP contribution is 2.22. The molecule has 0 aromatic carbocycles. The van der Waals surface area contributed by atoms with Crippen LogP contribution in [0.2, 0.25) is 0 Å². The Morgan fingerprint density at radius 1 is 1.56 bits per heavy atom. The van der Waals surface area contributed by atoms with E-state index < -0.39 is 0 Å². The van der Waals surface area contributed by atoms with Gasteiger partial charge in [-0.3, -0.25) is 9.59 Å². The van der Waals surface area contributed by atoms with Crippen LogP contribution in [0.5, 0.6) is 0 Å². The minimum absolute atomic E-state index is 0.0162. The third-order valence-corrected chi connectivity index (χ3v) is 3.06. The summed E-state index contributed by atoms with van der Waals surface area (Å²) in [4.78, 5) is 23.0. The first kappa shape index (κ1) is 12.8. The molecule has 2 rings (SSSR count). The Kier molecular flexibility index (Phi) is 3.24. The molecule has 5 nitrogen and oxygen atoms in total. The molecule has 18 heavy (non-hydrogen) atoms. The molecule has 5 heteroatoms. The number of carbonyl (C=O) groups is 2. The highest BCUT2D eigenvalue weighted by molar-refractivity contribution is 5.92. The fourth-order valence-electron chi connectivity index (χ4n) is 1.90. The van der Waals surface area contributed by atoms with Crippen LogP contribution in [0, 0.1) is 0 Å². The molecule has 1 saturated heterocycles. The normalized spacial score (nSPS) is 19.9. The van der Waals surface area contributed by atoms with Crippen molar-refractivity contribution in [1.82, 2.24) is 10.5 Å². The Balaban J connectivity index is 1.99. The smallest absolute Gasteiger partial charge is 0.220 e. The lowest BCUT2D eigenvalue weighted by molar-refractivity contribution is -0.124. The molecule has 0 spiro atoms. The number of amides is 1. The molecular formula is C13H18N2O3. The summed E-state index contributed by atoms with van der Waals surface area (Å²) in [6, 6.07) is 1.45. The molecule has 1 aromatic heterocycles. The van der Waals surface area contributed by atoms with Crippen LogP contribution in [0.3, 0.4) is 0 Å². The van der Waals surface area contributed by atoms with Gasteiger partial charge in [0.1, 0.15) is 5.76 Å². The zero-order valence-corrected chi connectivity index (χ0v) is 10.9. The summed E-state index contributed by atoms with van der Waals surface area (Å²) >= 11 is 0. The molecule has 1 atom stereocenters. The summed E-state index contributed by atoms with van der Waals surface area (Å²) < 4.78 is 5.16. The van der Waals surface area contributed by atoms with Gasteiger partial charge in [-0.15, -0.1) is 0 Å². The van der Waals surface area contributed by atoms with Gasteiger partial charge in [0.25, 0.3) is 0 Å². The van der Waals surface area contributed by atoms with Gasteiger partial charge in [-0.1, -0.05) is 25.9 Å². The van der Waals surface area contributed by atoms with Gasteiger partial charge in [-0.2, -0.15) is 0 Å². The maximum absolute atomic E-state index is 11.9. The lowest BCUT2D eigenvalue weighted by Crippen LogP contribution is -2.34. The molecule has 0 saturated carbocycles. The first-order valence-electron chi connectivity index (χ1n) is 6.14. The van der Waals surface area contributed by atoms with Crippen LogP contribution >= 0.6 is 0 Å². The summed E-state index contributed by atoms with van der Waals surface area (Å²) in [5, 5.41) is 6.63. The van der Waals surface area contributed by atoms with E-state index in [1.807, 2.05) is 26.8 Å². The van der Waals surface area contributed by atoms with E-state index in [-0.39, 0.29) is 29.6 Å². The molecule has 0 aliphatic carbocycles. The topological polar surface area (TPSA) is 72.2 Å². The number of hydrogen-bond acceptors (Lipinski definition) is 4. The summed E-state index contributed by atoms with van der Waals surface area (Å²) in [6.45, 7) is 6.11. The van der Waals surface area contributed by atoms with Crippen LogP contribution in [-0.2, 0) is 21.4 Å². The zero-order chi connectivity index (χ0) is 13.3. The molecule has 1 aromatic rings. The number of aromatic nitrogens is 1. The van der Waals surface area contributed by atoms with Gasteiger partial charge >= 0.3 is 0 Å². The Morgan fingerprint density at radius 3 is 2.78 bits per heavy atom. The van der Waals surface area contributed by atoms with Crippen molar-refractivity contribution in [1.29, 1.82) is 0 Å². The van der Waals surface area contributed by atoms with Crippen molar-refractivity contribution in [2.75, 3.05) is 0 Å². The number of ketones is 1. The minimum Gasteiger partial charge on any atom is -0.361 e. The Morgan fingerprint density at radius 2 is 2.28 bits per heavy atom. The molecule has 1 aliphatic heterocycles. The second kappa shape index (κ2) is 4.55. The fourth-order valence-corrected chi connectivity index (χ4v) is 1.90. The van der Waals surface area contributed by atoms with Crippen LogP contribution in [0.25, 0.3) is 0 Å². The van der Waals surface area contributed by atoms with E-state index >= 15 is 0 Å². The molecule has 2 heterocycles. The lowest BCUT2D eigenvalue weighted by Gasteiger charge is -2.12. The van der Waals surface area contributed by atoms with E-state index in [1.54, 1.807) is 0 Å². The largest absolute Gasteiger partial charge is 0.361 e. The summed E-state index contributed by atoms with van der Waals surface area (Å²) in [7, 11) is 0. The van der Waals surface area contributed by atoms with Gasteiger partial charge in [0.2, 0.25) is 5.91 Å². The molecule has 1 aliphatic rings. The first-order valence-corrected chi connectivity index (χ1v) is 6.14. The van der Waals surface area contributed by atoms with Gasteiger partial charge in [-0.05, 0) is 6.42 Å². The van der Waals surface area contributed by atoms with E-state index in [4.69, 9.17) is 4.52 Å². The van der Waals surface area contributed by atoms with Gasteiger partial charge in [0, 0.05) is 17.9 Å². The summed E-state index contributed by atoms with van der Waals surface area (Å²) in [6.07, 6.45) is 1.20.